The third kappa shape index (κ3) is 9.34. The van der Waals surface area contributed by atoms with Crippen molar-refractivity contribution < 1.29 is 41.1 Å². The molecule has 7 nitrogen and oxygen atoms in total. The number of halogens is 5. The molecule has 0 aromatic heterocycles. The first-order valence-electron chi connectivity index (χ1n) is 15.7. The van der Waals surface area contributed by atoms with Crippen LogP contribution >= 0.6 is 0 Å². The Morgan fingerprint density at radius 2 is 1.52 bits per heavy atom. The molecule has 2 saturated carbocycles. The molecule has 0 saturated heterocycles. The number of allylic oxidation sites excluding steroid dienone is 1. The SMILES string of the molecule is C(=C1C2CCC1CC2)c1ccccc1.CNC(=O)c1ccc(-c2ccc(OC)c(C(N)=O)c2)c(F)c1.O=CNc1ccc(F)c(C(F)(F)F)c1. The molecule has 262 valence electrons. The fraction of sp³-hybridized carbons (Fsp3) is 0.237. The van der Waals surface area contributed by atoms with Crippen LogP contribution in [0.5, 0.6) is 5.75 Å². The maximum absolute atomic E-state index is 14.2. The number of methoxy groups -OCH3 is 1. The molecule has 6 rings (SSSR count). The second-order valence-electron chi connectivity index (χ2n) is 11.6. The van der Waals surface area contributed by atoms with Gasteiger partial charge in [0.15, 0.2) is 0 Å². The lowest BCUT2D eigenvalue weighted by Crippen LogP contribution is -2.17. The largest absolute Gasteiger partial charge is 0.496 e. The van der Waals surface area contributed by atoms with Crippen molar-refractivity contribution in [1.82, 2.24) is 5.32 Å². The maximum Gasteiger partial charge on any atom is 0.419 e. The zero-order valence-corrected chi connectivity index (χ0v) is 27.3. The monoisotopic (exact) mass is 693 g/mol. The summed E-state index contributed by atoms with van der Waals surface area (Å²) in [6.07, 6.45) is 3.69. The summed E-state index contributed by atoms with van der Waals surface area (Å²) >= 11 is 0. The summed E-state index contributed by atoms with van der Waals surface area (Å²) in [6, 6.07) is 21.7. The number of amides is 3. The minimum absolute atomic E-state index is 0.103. The number of ether oxygens (including phenoxy) is 1. The summed E-state index contributed by atoms with van der Waals surface area (Å²) in [5.74, 6) is -0.797. The van der Waals surface area contributed by atoms with Crippen LogP contribution in [0.2, 0.25) is 0 Å². The summed E-state index contributed by atoms with van der Waals surface area (Å²) in [7, 11) is 2.89. The molecule has 0 aliphatic heterocycles. The number of alkyl halides is 3. The van der Waals surface area contributed by atoms with Crippen LogP contribution in [0.3, 0.4) is 0 Å². The predicted octanol–water partition coefficient (Wildman–Crippen LogP) is 8.26. The molecule has 50 heavy (non-hydrogen) atoms. The standard InChI is InChI=1S/C16H15FN2O3.C14H16.C8H5F4NO/c1-19-16(21)10-3-5-11(13(17)8-10)9-4-6-14(22-2)12(7-9)15(18)20;1-2-4-11(5-3-1)10-14-12-6-7-13(14)9-8-12;9-7-2-1-5(13-4-14)3-6(7)8(10,11)12/h3-8H,1-2H3,(H2,18,20)(H,19,21);1-5,10,12-13H,6-9H2;1-4H,(H,13,14). The zero-order valence-electron chi connectivity index (χ0n) is 27.3. The average Bonchev–Trinajstić information content (AvgIpc) is 3.67. The lowest BCUT2D eigenvalue weighted by atomic mass is 10.00. The van der Waals surface area contributed by atoms with Crippen molar-refractivity contribution in [3.63, 3.8) is 0 Å². The second kappa shape index (κ2) is 16.7. The molecule has 0 atom stereocenters. The fourth-order valence-electron chi connectivity index (χ4n) is 6.07. The molecule has 4 aromatic carbocycles. The third-order valence-electron chi connectivity index (χ3n) is 8.53. The Bertz CT molecular complexity index is 1840. The Balaban J connectivity index is 0.000000175. The lowest BCUT2D eigenvalue weighted by Gasteiger charge is -2.10. The number of carbonyl (C=O) groups excluding carboxylic acids is 3. The molecule has 0 radical (unpaired) electrons. The van der Waals surface area contributed by atoms with E-state index in [1.165, 1.54) is 63.6 Å². The van der Waals surface area contributed by atoms with Gasteiger partial charge in [-0.05, 0) is 91.1 Å². The van der Waals surface area contributed by atoms with Crippen molar-refractivity contribution in [3.05, 3.63) is 124 Å². The van der Waals surface area contributed by atoms with Gasteiger partial charge >= 0.3 is 6.18 Å². The van der Waals surface area contributed by atoms with E-state index in [9.17, 15) is 36.3 Å². The van der Waals surface area contributed by atoms with Gasteiger partial charge in [-0.25, -0.2) is 8.78 Å². The Hall–Kier alpha value is -5.52. The number of benzene rings is 4. The molecule has 4 N–H and O–H groups in total. The highest BCUT2D eigenvalue weighted by Gasteiger charge is 2.36. The van der Waals surface area contributed by atoms with E-state index in [-0.39, 0.29) is 34.7 Å². The van der Waals surface area contributed by atoms with Crippen LogP contribution in [0.25, 0.3) is 17.2 Å². The highest BCUT2D eigenvalue weighted by atomic mass is 19.4. The van der Waals surface area contributed by atoms with E-state index in [1.54, 1.807) is 17.7 Å². The van der Waals surface area contributed by atoms with Crippen molar-refractivity contribution in [2.75, 3.05) is 19.5 Å². The van der Waals surface area contributed by atoms with Gasteiger partial charge in [0.1, 0.15) is 17.4 Å². The molecule has 4 aromatic rings. The normalized spacial score (nSPS) is 15.9. The van der Waals surface area contributed by atoms with E-state index in [0.29, 0.717) is 23.4 Å². The summed E-state index contributed by atoms with van der Waals surface area (Å²) < 4.78 is 68.3. The minimum Gasteiger partial charge on any atom is -0.496 e. The number of hydrogen-bond donors (Lipinski definition) is 3. The maximum atomic E-state index is 14.2. The van der Waals surface area contributed by atoms with E-state index in [0.717, 1.165) is 24.0 Å². The number of anilines is 1. The quantitative estimate of drug-likeness (QED) is 0.134. The van der Waals surface area contributed by atoms with Crippen molar-refractivity contribution in [1.29, 1.82) is 0 Å². The van der Waals surface area contributed by atoms with E-state index in [4.69, 9.17) is 10.5 Å². The highest BCUT2D eigenvalue weighted by Crippen LogP contribution is 2.49. The topological polar surface area (TPSA) is 111 Å². The highest BCUT2D eigenvalue weighted by molar-refractivity contribution is 5.97. The Morgan fingerprint density at radius 3 is 2.06 bits per heavy atom. The molecular weight excluding hydrogens is 657 g/mol. The Labute approximate surface area is 286 Å². The average molecular weight is 694 g/mol. The van der Waals surface area contributed by atoms with Crippen LogP contribution in [0.1, 0.15) is 57.5 Å². The molecular formula is C38H36F5N3O4. The van der Waals surface area contributed by atoms with Gasteiger partial charge in [-0.15, -0.1) is 0 Å². The number of carbonyl (C=O) groups is 3. The minimum atomic E-state index is -4.76. The molecule has 2 aliphatic carbocycles. The molecule has 0 heterocycles. The predicted molar refractivity (Wildman–Crippen MR) is 181 cm³/mol. The molecule has 0 unspecified atom stereocenters. The molecule has 2 bridgehead atoms. The van der Waals surface area contributed by atoms with Crippen LogP contribution < -0.4 is 21.1 Å². The van der Waals surface area contributed by atoms with Crippen LogP contribution in [-0.4, -0.2) is 32.4 Å². The van der Waals surface area contributed by atoms with E-state index in [2.05, 4.69) is 41.7 Å². The summed E-state index contributed by atoms with van der Waals surface area (Å²) in [6.45, 7) is 0. The van der Waals surface area contributed by atoms with Gasteiger partial charge in [-0.3, -0.25) is 14.4 Å². The van der Waals surface area contributed by atoms with Gasteiger partial charge in [-0.2, -0.15) is 13.2 Å². The zero-order chi connectivity index (χ0) is 36.4. The van der Waals surface area contributed by atoms with Crippen LogP contribution in [0.15, 0.2) is 90.5 Å². The smallest absolute Gasteiger partial charge is 0.419 e. The van der Waals surface area contributed by atoms with Crippen LogP contribution in [0.4, 0.5) is 27.6 Å². The molecule has 3 amide bonds. The number of rotatable bonds is 7. The first kappa shape index (κ1) is 37.3. The van der Waals surface area contributed by atoms with Crippen LogP contribution in [0, 0.1) is 23.5 Å². The molecule has 2 fully saturated rings. The van der Waals surface area contributed by atoms with Crippen molar-refractivity contribution in [3.8, 4) is 16.9 Å². The Kier molecular flexibility index (Phi) is 12.5. The van der Waals surface area contributed by atoms with E-state index >= 15 is 0 Å². The van der Waals surface area contributed by atoms with E-state index in [1.807, 2.05) is 5.32 Å². The van der Waals surface area contributed by atoms with Gasteiger partial charge < -0.3 is 21.1 Å². The van der Waals surface area contributed by atoms with Crippen molar-refractivity contribution in [2.24, 2.45) is 17.6 Å². The van der Waals surface area contributed by atoms with Gasteiger partial charge in [0.05, 0.1) is 18.2 Å². The number of nitrogens with two attached hydrogens (primary N) is 1. The van der Waals surface area contributed by atoms with Gasteiger partial charge in [0.2, 0.25) is 6.41 Å². The summed E-state index contributed by atoms with van der Waals surface area (Å²) in [4.78, 5) is 32.8. The number of nitrogens with one attached hydrogen (secondary N) is 2. The second-order valence-corrected chi connectivity index (χ2v) is 11.6. The van der Waals surface area contributed by atoms with Crippen LogP contribution in [-0.2, 0) is 11.0 Å². The van der Waals surface area contributed by atoms with E-state index < -0.39 is 29.3 Å². The molecule has 12 heteroatoms. The molecule has 0 spiro atoms. The van der Waals surface area contributed by atoms with Crippen molar-refractivity contribution in [2.45, 2.75) is 31.9 Å². The van der Waals surface area contributed by atoms with Gasteiger partial charge in [0, 0.05) is 23.9 Å². The first-order chi connectivity index (χ1) is 23.9. The first-order valence-corrected chi connectivity index (χ1v) is 15.7. The third-order valence-corrected chi connectivity index (χ3v) is 8.53. The number of primary amides is 1. The fourth-order valence-corrected chi connectivity index (χ4v) is 6.07. The number of hydrogen-bond acceptors (Lipinski definition) is 4. The van der Waals surface area contributed by atoms with Gasteiger partial charge in [0.25, 0.3) is 11.8 Å². The lowest BCUT2D eigenvalue weighted by molar-refractivity contribution is -0.140. The van der Waals surface area contributed by atoms with Crippen molar-refractivity contribution >= 4 is 30.0 Å². The summed E-state index contributed by atoms with van der Waals surface area (Å²) in [5.41, 5.74) is 8.03. The van der Waals surface area contributed by atoms with Gasteiger partial charge in [-0.1, -0.05) is 54.1 Å². The number of fused-ring (bicyclic) bond motifs is 2. The Morgan fingerprint density at radius 1 is 0.860 bits per heavy atom. The summed E-state index contributed by atoms with van der Waals surface area (Å²) in [5, 5.41) is 4.42. The molecule has 2 aliphatic rings.